The van der Waals surface area contributed by atoms with Crippen LogP contribution in [0.5, 0.6) is 0 Å². The standard InChI is InChI=1S/C16H24F3N/c1-10(2)12-5-6-13(14(9-12)11(3)4)15(20)7-8-16(17,18)19/h5-6,9-11,15H,7-8,20H2,1-4H3. The van der Waals surface area contributed by atoms with Gasteiger partial charge in [-0.1, -0.05) is 45.9 Å². The average Bonchev–Trinajstić information content (AvgIpc) is 2.34. The quantitative estimate of drug-likeness (QED) is 0.783. The van der Waals surface area contributed by atoms with Gasteiger partial charge in [-0.25, -0.2) is 0 Å². The largest absolute Gasteiger partial charge is 0.389 e. The fourth-order valence-electron chi connectivity index (χ4n) is 2.26. The first-order valence-corrected chi connectivity index (χ1v) is 7.08. The van der Waals surface area contributed by atoms with Gasteiger partial charge < -0.3 is 5.73 Å². The monoisotopic (exact) mass is 287 g/mol. The smallest absolute Gasteiger partial charge is 0.324 e. The molecule has 0 aromatic heterocycles. The molecule has 2 N–H and O–H groups in total. The maximum Gasteiger partial charge on any atom is 0.389 e. The molecule has 1 aromatic carbocycles. The Hall–Kier alpha value is -1.03. The summed E-state index contributed by atoms with van der Waals surface area (Å²) in [6.07, 6.45) is -5.05. The molecule has 0 spiro atoms. The molecule has 0 aliphatic rings. The summed E-state index contributed by atoms with van der Waals surface area (Å²) >= 11 is 0. The summed E-state index contributed by atoms with van der Waals surface area (Å²) in [7, 11) is 0. The number of rotatable bonds is 5. The second-order valence-corrected chi connectivity index (χ2v) is 5.96. The zero-order chi connectivity index (χ0) is 15.5. The van der Waals surface area contributed by atoms with Crippen LogP contribution in [0.15, 0.2) is 18.2 Å². The third-order valence-electron chi connectivity index (χ3n) is 3.54. The van der Waals surface area contributed by atoms with Gasteiger partial charge in [0.1, 0.15) is 0 Å². The zero-order valence-electron chi connectivity index (χ0n) is 12.6. The lowest BCUT2D eigenvalue weighted by molar-refractivity contribution is -0.136. The van der Waals surface area contributed by atoms with Gasteiger partial charge in [0.2, 0.25) is 0 Å². The van der Waals surface area contributed by atoms with Gasteiger partial charge in [0.25, 0.3) is 0 Å². The van der Waals surface area contributed by atoms with E-state index in [1.165, 1.54) is 5.56 Å². The first-order chi connectivity index (χ1) is 9.11. The molecule has 20 heavy (non-hydrogen) atoms. The van der Waals surface area contributed by atoms with Gasteiger partial charge in [0, 0.05) is 12.5 Å². The Morgan fingerprint density at radius 2 is 1.60 bits per heavy atom. The van der Waals surface area contributed by atoms with Crippen LogP contribution >= 0.6 is 0 Å². The molecule has 0 saturated carbocycles. The maximum absolute atomic E-state index is 12.3. The lowest BCUT2D eigenvalue weighted by Gasteiger charge is -2.21. The Morgan fingerprint density at radius 1 is 1.00 bits per heavy atom. The van der Waals surface area contributed by atoms with Crippen LogP contribution < -0.4 is 5.73 Å². The number of hydrogen-bond donors (Lipinski definition) is 1. The minimum absolute atomic E-state index is 0.0652. The van der Waals surface area contributed by atoms with Crippen LogP contribution in [0.1, 0.15) is 75.1 Å². The van der Waals surface area contributed by atoms with Gasteiger partial charge in [-0.2, -0.15) is 13.2 Å². The van der Waals surface area contributed by atoms with E-state index in [-0.39, 0.29) is 12.3 Å². The van der Waals surface area contributed by atoms with Crippen molar-refractivity contribution in [1.82, 2.24) is 0 Å². The third kappa shape index (κ3) is 4.82. The number of benzene rings is 1. The van der Waals surface area contributed by atoms with Crippen molar-refractivity contribution in [2.24, 2.45) is 5.73 Å². The second-order valence-electron chi connectivity index (χ2n) is 5.96. The molecule has 0 fully saturated rings. The van der Waals surface area contributed by atoms with E-state index in [1.54, 1.807) is 0 Å². The predicted molar refractivity (Wildman–Crippen MR) is 76.8 cm³/mol. The van der Waals surface area contributed by atoms with Crippen LogP contribution in [0.4, 0.5) is 13.2 Å². The molecule has 0 heterocycles. The molecule has 0 aliphatic heterocycles. The van der Waals surface area contributed by atoms with E-state index >= 15 is 0 Å². The van der Waals surface area contributed by atoms with Crippen molar-refractivity contribution in [3.05, 3.63) is 34.9 Å². The summed E-state index contributed by atoms with van der Waals surface area (Å²) in [6, 6.07) is 5.39. The van der Waals surface area contributed by atoms with E-state index in [4.69, 9.17) is 5.73 Å². The molecule has 1 aromatic rings. The highest BCUT2D eigenvalue weighted by atomic mass is 19.4. The van der Waals surface area contributed by atoms with Crippen molar-refractivity contribution in [3.63, 3.8) is 0 Å². The number of nitrogens with two attached hydrogens (primary N) is 1. The summed E-state index contributed by atoms with van der Waals surface area (Å²) in [5.74, 6) is 0.647. The van der Waals surface area contributed by atoms with Crippen LogP contribution in [0.25, 0.3) is 0 Å². The Labute approximate surface area is 119 Å². The van der Waals surface area contributed by atoms with Crippen LogP contribution in [0.2, 0.25) is 0 Å². The number of alkyl halides is 3. The Kier molecular flexibility index (Phi) is 5.63. The molecular weight excluding hydrogens is 263 g/mol. The van der Waals surface area contributed by atoms with Crippen molar-refractivity contribution in [2.45, 2.75) is 64.6 Å². The molecule has 1 unspecified atom stereocenters. The van der Waals surface area contributed by atoms with Crippen LogP contribution in [-0.2, 0) is 0 Å². The molecule has 0 aliphatic carbocycles. The van der Waals surface area contributed by atoms with Crippen molar-refractivity contribution < 1.29 is 13.2 Å². The number of hydrogen-bond acceptors (Lipinski definition) is 1. The first-order valence-electron chi connectivity index (χ1n) is 7.08. The molecule has 0 radical (unpaired) electrons. The van der Waals surface area contributed by atoms with Crippen LogP contribution in [-0.4, -0.2) is 6.18 Å². The SMILES string of the molecule is CC(C)c1ccc(C(N)CCC(F)(F)F)c(C(C)C)c1. The van der Waals surface area contributed by atoms with Crippen molar-refractivity contribution in [3.8, 4) is 0 Å². The molecule has 114 valence electrons. The van der Waals surface area contributed by atoms with Crippen molar-refractivity contribution in [1.29, 1.82) is 0 Å². The first kappa shape index (κ1) is 17.0. The van der Waals surface area contributed by atoms with E-state index in [1.807, 2.05) is 26.0 Å². The second kappa shape index (κ2) is 6.61. The molecule has 0 saturated heterocycles. The van der Waals surface area contributed by atoms with Crippen LogP contribution in [0, 0.1) is 0 Å². The minimum Gasteiger partial charge on any atom is -0.324 e. The topological polar surface area (TPSA) is 26.0 Å². The van der Waals surface area contributed by atoms with Crippen LogP contribution in [0.3, 0.4) is 0 Å². The number of halogens is 3. The maximum atomic E-state index is 12.3. The zero-order valence-corrected chi connectivity index (χ0v) is 12.6. The summed E-state index contributed by atoms with van der Waals surface area (Å²) in [5.41, 5.74) is 9.06. The lowest BCUT2D eigenvalue weighted by atomic mass is 9.87. The van der Waals surface area contributed by atoms with Gasteiger partial charge in [-0.3, -0.25) is 0 Å². The third-order valence-corrected chi connectivity index (χ3v) is 3.54. The van der Waals surface area contributed by atoms with E-state index in [0.717, 1.165) is 11.1 Å². The highest BCUT2D eigenvalue weighted by Crippen LogP contribution is 2.32. The molecule has 0 amide bonds. The van der Waals surface area contributed by atoms with Crippen molar-refractivity contribution in [2.75, 3.05) is 0 Å². The highest BCUT2D eigenvalue weighted by molar-refractivity contribution is 5.37. The van der Waals surface area contributed by atoms with E-state index < -0.39 is 18.6 Å². The summed E-state index contributed by atoms with van der Waals surface area (Å²) < 4.78 is 36.9. The van der Waals surface area contributed by atoms with Gasteiger partial charge in [0.05, 0.1) is 0 Å². The molecule has 4 heteroatoms. The summed E-state index contributed by atoms with van der Waals surface area (Å²) in [4.78, 5) is 0. The highest BCUT2D eigenvalue weighted by Gasteiger charge is 2.28. The minimum atomic E-state index is -4.15. The molecule has 1 atom stereocenters. The molecular formula is C16H24F3N. The Bertz CT molecular complexity index is 436. The summed E-state index contributed by atoms with van der Waals surface area (Å²) in [6.45, 7) is 8.28. The Morgan fingerprint density at radius 3 is 2.05 bits per heavy atom. The lowest BCUT2D eigenvalue weighted by Crippen LogP contribution is -2.17. The Balaban J connectivity index is 2.98. The molecule has 1 nitrogen and oxygen atoms in total. The van der Waals surface area contributed by atoms with E-state index in [9.17, 15) is 13.2 Å². The average molecular weight is 287 g/mol. The van der Waals surface area contributed by atoms with E-state index in [0.29, 0.717) is 5.92 Å². The van der Waals surface area contributed by atoms with E-state index in [2.05, 4.69) is 19.9 Å². The van der Waals surface area contributed by atoms with Crippen molar-refractivity contribution >= 4 is 0 Å². The molecule has 0 bridgehead atoms. The van der Waals surface area contributed by atoms with Gasteiger partial charge in [-0.15, -0.1) is 0 Å². The normalized spacial score (nSPS) is 14.1. The van der Waals surface area contributed by atoms with Gasteiger partial charge in [0.15, 0.2) is 0 Å². The fourth-order valence-corrected chi connectivity index (χ4v) is 2.26. The summed E-state index contributed by atoms with van der Waals surface area (Å²) in [5, 5.41) is 0. The molecule has 1 rings (SSSR count). The van der Waals surface area contributed by atoms with Gasteiger partial charge >= 0.3 is 6.18 Å². The predicted octanol–water partition coefficient (Wildman–Crippen LogP) is 5.28. The van der Waals surface area contributed by atoms with Gasteiger partial charge in [-0.05, 0) is 34.9 Å². The fraction of sp³-hybridized carbons (Fsp3) is 0.625.